The molecule has 1 aliphatic heterocycles. The van der Waals surface area contributed by atoms with Gasteiger partial charge >= 0.3 is 6.18 Å². The minimum absolute atomic E-state index is 0.00136. The minimum Gasteiger partial charge on any atom is -0.494 e. The fourth-order valence-electron chi connectivity index (χ4n) is 4.21. The normalized spacial score (nSPS) is 16.3. The quantitative estimate of drug-likeness (QED) is 0.0674. The Bertz CT molecular complexity index is 1490. The Hall–Kier alpha value is -4.65. The molecule has 1 amide bonds. The van der Waals surface area contributed by atoms with Gasteiger partial charge in [0, 0.05) is 42.2 Å². The second-order valence-electron chi connectivity index (χ2n) is 9.34. The van der Waals surface area contributed by atoms with Crippen LogP contribution in [0.25, 0.3) is 10.4 Å². The molecule has 42 heavy (non-hydrogen) atoms. The van der Waals surface area contributed by atoms with Crippen molar-refractivity contribution in [1.29, 1.82) is 0 Å². The monoisotopic (exact) mass is 586 g/mol. The molecule has 0 aromatic heterocycles. The summed E-state index contributed by atoms with van der Waals surface area (Å²) in [6, 6.07) is 15.5. The van der Waals surface area contributed by atoms with Crippen LogP contribution in [-0.4, -0.2) is 42.3 Å². The van der Waals surface area contributed by atoms with Gasteiger partial charge in [-0.05, 0) is 59.1 Å². The Morgan fingerprint density at radius 3 is 2.64 bits per heavy atom. The number of aliphatic hydroxyl groups excluding tert-OH is 1. The lowest BCUT2D eigenvalue weighted by molar-refractivity contribution is -0.137. The van der Waals surface area contributed by atoms with Crippen molar-refractivity contribution >= 4 is 17.5 Å². The maximum absolute atomic E-state index is 13.8. The molecule has 10 nitrogen and oxygen atoms in total. The average molecular weight is 587 g/mol. The number of hydrazine groups is 1. The summed E-state index contributed by atoms with van der Waals surface area (Å²) in [6.07, 6.45) is -4.30. The number of carbonyl (C=O) groups is 1. The Balaban J connectivity index is 1.57. The first-order valence-corrected chi connectivity index (χ1v) is 12.7. The molecule has 220 valence electrons. The number of amides is 1. The molecule has 0 saturated carbocycles. The van der Waals surface area contributed by atoms with Gasteiger partial charge in [-0.15, -0.1) is 0 Å². The fraction of sp³-hybridized carbons (Fsp3) is 0.286. The van der Waals surface area contributed by atoms with Crippen LogP contribution in [0.5, 0.6) is 5.75 Å². The van der Waals surface area contributed by atoms with E-state index in [4.69, 9.17) is 20.1 Å². The minimum atomic E-state index is -4.74. The number of alkyl halides is 3. The molecule has 3 aromatic carbocycles. The summed E-state index contributed by atoms with van der Waals surface area (Å²) in [4.78, 5) is 21.0. The van der Waals surface area contributed by atoms with Crippen molar-refractivity contribution in [3.63, 3.8) is 0 Å². The molecule has 0 unspecified atom stereocenters. The molecule has 1 heterocycles. The summed E-state index contributed by atoms with van der Waals surface area (Å²) in [5.74, 6) is -1.02. The lowest BCUT2D eigenvalue weighted by Gasteiger charge is -2.24. The number of hydrogen-bond acceptors (Lipinski definition) is 7. The Kier molecular flexibility index (Phi) is 9.63. The van der Waals surface area contributed by atoms with Crippen molar-refractivity contribution in [2.24, 2.45) is 10.1 Å². The van der Waals surface area contributed by atoms with Crippen LogP contribution in [0.2, 0.25) is 0 Å². The maximum Gasteiger partial charge on any atom is 0.416 e. The van der Waals surface area contributed by atoms with Crippen molar-refractivity contribution < 1.29 is 36.9 Å². The zero-order valence-electron chi connectivity index (χ0n) is 22.1. The van der Waals surface area contributed by atoms with Crippen LogP contribution in [0.1, 0.15) is 28.7 Å². The number of nitrogens with zero attached hydrogens (tertiary/aromatic N) is 4. The molecular formula is C28H26F4N6O4. The van der Waals surface area contributed by atoms with Crippen LogP contribution in [0.3, 0.4) is 0 Å². The molecule has 0 fully saturated rings. The molecule has 3 aromatic rings. The summed E-state index contributed by atoms with van der Waals surface area (Å²) in [5.41, 5.74) is 12.6. The zero-order chi connectivity index (χ0) is 30.2. The molecule has 0 radical (unpaired) electrons. The molecule has 4 rings (SSSR count). The topological polar surface area (TPSA) is 141 Å². The maximum atomic E-state index is 13.8. The van der Waals surface area contributed by atoms with E-state index in [1.54, 1.807) is 48.5 Å². The van der Waals surface area contributed by atoms with E-state index in [2.05, 4.69) is 25.9 Å². The van der Waals surface area contributed by atoms with Crippen LogP contribution in [-0.2, 0) is 28.7 Å². The summed E-state index contributed by atoms with van der Waals surface area (Å²) in [7, 11) is 0. The van der Waals surface area contributed by atoms with Crippen molar-refractivity contribution in [1.82, 2.24) is 10.9 Å². The lowest BCUT2D eigenvalue weighted by Crippen LogP contribution is -2.52. The number of aliphatic imine (C=N–C) groups is 1. The molecule has 1 aliphatic rings. The van der Waals surface area contributed by atoms with Gasteiger partial charge in [0.25, 0.3) is 5.91 Å². The van der Waals surface area contributed by atoms with Crippen LogP contribution in [0.15, 0.2) is 76.8 Å². The first-order valence-electron chi connectivity index (χ1n) is 12.7. The first-order chi connectivity index (χ1) is 20.1. The van der Waals surface area contributed by atoms with Gasteiger partial charge in [0.2, 0.25) is 5.90 Å². The molecule has 1 atom stereocenters. The van der Waals surface area contributed by atoms with E-state index in [0.29, 0.717) is 36.0 Å². The highest BCUT2D eigenvalue weighted by atomic mass is 19.4. The van der Waals surface area contributed by atoms with Crippen molar-refractivity contribution in [2.45, 2.75) is 31.1 Å². The van der Waals surface area contributed by atoms with Gasteiger partial charge in [-0.1, -0.05) is 29.4 Å². The van der Waals surface area contributed by atoms with Crippen LogP contribution in [0, 0.1) is 5.82 Å². The van der Waals surface area contributed by atoms with Gasteiger partial charge in [-0.25, -0.2) is 14.8 Å². The van der Waals surface area contributed by atoms with Gasteiger partial charge in [-0.3, -0.25) is 10.2 Å². The Morgan fingerprint density at radius 1 is 1.17 bits per heavy atom. The molecule has 3 N–H and O–H groups in total. The fourth-order valence-corrected chi connectivity index (χ4v) is 4.21. The first kappa shape index (κ1) is 30.3. The Labute approximate surface area is 237 Å². The summed E-state index contributed by atoms with van der Waals surface area (Å²) in [6.45, 7) is -0.177. The smallest absolute Gasteiger partial charge is 0.416 e. The predicted molar refractivity (Wildman–Crippen MR) is 144 cm³/mol. The van der Waals surface area contributed by atoms with Crippen molar-refractivity contribution in [3.8, 4) is 5.75 Å². The highest BCUT2D eigenvalue weighted by Gasteiger charge is 2.45. The van der Waals surface area contributed by atoms with Crippen LogP contribution in [0.4, 0.5) is 23.2 Å². The summed E-state index contributed by atoms with van der Waals surface area (Å²) >= 11 is 0. The number of rotatable bonds is 12. The lowest BCUT2D eigenvalue weighted by atomic mass is 9.91. The van der Waals surface area contributed by atoms with E-state index in [9.17, 15) is 22.4 Å². The van der Waals surface area contributed by atoms with E-state index in [1.807, 2.05) is 0 Å². The number of nitrogens with one attached hydrogen (secondary N) is 2. The molecule has 0 bridgehead atoms. The Morgan fingerprint density at radius 2 is 1.93 bits per heavy atom. The van der Waals surface area contributed by atoms with E-state index < -0.39 is 29.0 Å². The second kappa shape index (κ2) is 13.3. The summed E-state index contributed by atoms with van der Waals surface area (Å²) < 4.78 is 64.4. The third kappa shape index (κ3) is 7.55. The third-order valence-electron chi connectivity index (χ3n) is 6.26. The van der Waals surface area contributed by atoms with Crippen LogP contribution < -0.4 is 15.6 Å². The van der Waals surface area contributed by atoms with Gasteiger partial charge in [0.05, 0.1) is 12.2 Å². The zero-order valence-corrected chi connectivity index (χ0v) is 22.1. The predicted octanol–water partition coefficient (Wildman–Crippen LogP) is 5.13. The average Bonchev–Trinajstić information content (AvgIpc) is 3.39. The number of ether oxygens (including phenoxy) is 2. The van der Waals surface area contributed by atoms with Gasteiger partial charge in [-0.2, -0.15) is 13.2 Å². The van der Waals surface area contributed by atoms with Gasteiger partial charge in [0.15, 0.2) is 5.54 Å². The third-order valence-corrected chi connectivity index (χ3v) is 6.26. The number of carbonyl (C=O) groups excluding carboxylic acids is 1. The molecular weight excluding hydrogens is 560 g/mol. The van der Waals surface area contributed by atoms with Crippen molar-refractivity contribution in [2.75, 3.05) is 19.8 Å². The largest absolute Gasteiger partial charge is 0.494 e. The van der Waals surface area contributed by atoms with Gasteiger partial charge < -0.3 is 14.6 Å². The van der Waals surface area contributed by atoms with E-state index in [-0.39, 0.29) is 43.3 Å². The summed E-state index contributed by atoms with van der Waals surface area (Å²) in [5, 5.41) is 12.6. The standard InChI is InChI=1S/C28H26F4N6O4/c29-22-13-18(12-21(14-22)28(30,31)32)16-34-37-26(40)27(15-20-4-1-2-5-24(20)36-38-33)17-42-25(35-27)19-6-8-23(9-7-19)41-11-3-10-39/h1-2,4-9,12-14,34,39H,3,10-11,15-17H2,(H,37,40)/t27-/m0/s1. The molecule has 0 aliphatic carbocycles. The van der Waals surface area contributed by atoms with Gasteiger partial charge in [0.1, 0.15) is 18.2 Å². The highest BCUT2D eigenvalue weighted by molar-refractivity contribution is 6.00. The molecule has 0 saturated heterocycles. The van der Waals surface area contributed by atoms with E-state index in [1.165, 1.54) is 0 Å². The second-order valence-corrected chi connectivity index (χ2v) is 9.34. The highest BCUT2D eigenvalue weighted by Crippen LogP contribution is 2.32. The molecule has 14 heteroatoms. The molecule has 0 spiro atoms. The number of azide groups is 1. The number of aliphatic hydroxyl groups is 1. The SMILES string of the molecule is [N-]=[N+]=Nc1ccccc1C[C@@]1(C(=O)NNCc2cc(F)cc(C(F)(F)F)c2)COC(c2ccc(OCCCO)cc2)=N1. The number of hydrogen-bond donors (Lipinski definition) is 3. The van der Waals surface area contributed by atoms with E-state index in [0.717, 1.165) is 12.1 Å². The number of halogens is 4. The van der Waals surface area contributed by atoms with Crippen LogP contribution >= 0.6 is 0 Å². The van der Waals surface area contributed by atoms with E-state index >= 15 is 0 Å². The van der Waals surface area contributed by atoms with Crippen molar-refractivity contribution in [3.05, 3.63) is 105 Å². The number of benzene rings is 3.